The molecule has 102 valence electrons. The second-order valence-corrected chi connectivity index (χ2v) is 4.91. The topological polar surface area (TPSA) is 50.1 Å². The van der Waals surface area contributed by atoms with Crippen molar-refractivity contribution < 1.29 is 5.11 Å². The third kappa shape index (κ3) is 3.35. The number of benzene rings is 1. The Labute approximate surface area is 118 Å². The molecule has 1 heterocycles. The Morgan fingerprint density at radius 3 is 2.37 bits per heavy atom. The monoisotopic (exact) mass is 279 g/mol. The van der Waals surface area contributed by atoms with Gasteiger partial charge in [-0.25, -0.2) is 0 Å². The van der Waals surface area contributed by atoms with Gasteiger partial charge in [-0.05, 0) is 18.1 Å². The van der Waals surface area contributed by atoms with Crippen LogP contribution < -0.4 is 5.32 Å². The number of aliphatic hydroxyl groups is 1. The Bertz CT molecular complexity index is 549. The first-order valence-corrected chi connectivity index (χ1v) is 6.57. The standard InChI is InChI=1S/C14H18ClN3O/c1-10-13(14(15)18(2)17-10)8-16-7-11-3-5-12(9-19)6-4-11/h3-6,16,19H,7-9H2,1-2H3. The lowest BCUT2D eigenvalue weighted by Gasteiger charge is -2.06. The highest BCUT2D eigenvalue weighted by Crippen LogP contribution is 2.18. The maximum atomic E-state index is 8.98. The summed E-state index contributed by atoms with van der Waals surface area (Å²) in [7, 11) is 1.84. The molecule has 0 fully saturated rings. The van der Waals surface area contributed by atoms with Gasteiger partial charge in [0.2, 0.25) is 0 Å². The summed E-state index contributed by atoms with van der Waals surface area (Å²) >= 11 is 6.17. The average molecular weight is 280 g/mol. The summed E-state index contributed by atoms with van der Waals surface area (Å²) < 4.78 is 1.68. The number of hydrogen-bond acceptors (Lipinski definition) is 3. The molecule has 1 aromatic heterocycles. The summed E-state index contributed by atoms with van der Waals surface area (Å²) in [5.41, 5.74) is 4.09. The van der Waals surface area contributed by atoms with Crippen LogP contribution in [0.25, 0.3) is 0 Å². The van der Waals surface area contributed by atoms with E-state index < -0.39 is 0 Å². The second kappa shape index (κ2) is 6.19. The van der Waals surface area contributed by atoms with Gasteiger partial charge < -0.3 is 10.4 Å². The molecule has 1 aromatic carbocycles. The molecule has 0 bridgehead atoms. The van der Waals surface area contributed by atoms with Crippen molar-refractivity contribution in [3.05, 3.63) is 51.8 Å². The number of aliphatic hydroxyl groups excluding tert-OH is 1. The summed E-state index contributed by atoms with van der Waals surface area (Å²) in [5, 5.41) is 17.3. The van der Waals surface area contributed by atoms with Crippen molar-refractivity contribution in [2.45, 2.75) is 26.6 Å². The van der Waals surface area contributed by atoms with Crippen molar-refractivity contribution in [2.24, 2.45) is 7.05 Å². The van der Waals surface area contributed by atoms with Crippen LogP contribution in [0.1, 0.15) is 22.4 Å². The smallest absolute Gasteiger partial charge is 0.131 e. The lowest BCUT2D eigenvalue weighted by atomic mass is 10.1. The van der Waals surface area contributed by atoms with Crippen LogP contribution in [0.2, 0.25) is 5.15 Å². The average Bonchev–Trinajstić information content (AvgIpc) is 2.66. The van der Waals surface area contributed by atoms with Crippen LogP contribution in [0.3, 0.4) is 0 Å². The van der Waals surface area contributed by atoms with Gasteiger partial charge in [0.25, 0.3) is 0 Å². The van der Waals surface area contributed by atoms with Gasteiger partial charge >= 0.3 is 0 Å². The summed E-state index contributed by atoms with van der Waals surface area (Å²) in [6.07, 6.45) is 0. The number of hydrogen-bond donors (Lipinski definition) is 2. The van der Waals surface area contributed by atoms with Gasteiger partial charge in [0.15, 0.2) is 0 Å². The predicted octanol–water partition coefficient (Wildman–Crippen LogP) is 2.16. The van der Waals surface area contributed by atoms with Crippen molar-refractivity contribution in [2.75, 3.05) is 0 Å². The number of aromatic nitrogens is 2. The maximum Gasteiger partial charge on any atom is 0.131 e. The molecule has 0 atom stereocenters. The van der Waals surface area contributed by atoms with Crippen LogP contribution in [0.15, 0.2) is 24.3 Å². The van der Waals surface area contributed by atoms with Gasteiger partial charge in [-0.3, -0.25) is 4.68 Å². The van der Waals surface area contributed by atoms with E-state index in [4.69, 9.17) is 16.7 Å². The molecule has 2 rings (SSSR count). The van der Waals surface area contributed by atoms with Crippen LogP contribution in [-0.4, -0.2) is 14.9 Å². The molecule has 0 saturated carbocycles. The van der Waals surface area contributed by atoms with Gasteiger partial charge in [0, 0.05) is 25.7 Å². The van der Waals surface area contributed by atoms with E-state index in [1.807, 2.05) is 38.2 Å². The summed E-state index contributed by atoms with van der Waals surface area (Å²) in [4.78, 5) is 0. The Hall–Kier alpha value is -1.36. The minimum Gasteiger partial charge on any atom is -0.392 e. The van der Waals surface area contributed by atoms with Gasteiger partial charge in [0.05, 0.1) is 12.3 Å². The van der Waals surface area contributed by atoms with E-state index in [0.29, 0.717) is 11.7 Å². The third-order valence-electron chi connectivity index (χ3n) is 3.11. The van der Waals surface area contributed by atoms with E-state index in [-0.39, 0.29) is 6.61 Å². The number of nitrogens with zero attached hydrogens (tertiary/aromatic N) is 2. The van der Waals surface area contributed by atoms with Crippen molar-refractivity contribution in [1.82, 2.24) is 15.1 Å². The van der Waals surface area contributed by atoms with Gasteiger partial charge in [-0.2, -0.15) is 5.10 Å². The van der Waals surface area contributed by atoms with Crippen molar-refractivity contribution >= 4 is 11.6 Å². The molecule has 5 heteroatoms. The van der Waals surface area contributed by atoms with E-state index in [9.17, 15) is 0 Å². The molecule has 0 unspecified atom stereocenters. The fourth-order valence-electron chi connectivity index (χ4n) is 1.97. The van der Waals surface area contributed by atoms with Gasteiger partial charge in [-0.1, -0.05) is 35.9 Å². The molecule has 4 nitrogen and oxygen atoms in total. The fourth-order valence-corrected chi connectivity index (χ4v) is 2.21. The van der Waals surface area contributed by atoms with Crippen molar-refractivity contribution in [3.63, 3.8) is 0 Å². The van der Waals surface area contributed by atoms with E-state index >= 15 is 0 Å². The molecule has 0 aliphatic heterocycles. The number of halogens is 1. The van der Waals surface area contributed by atoms with Crippen molar-refractivity contribution in [1.29, 1.82) is 0 Å². The molecule has 2 aromatic rings. The third-order valence-corrected chi connectivity index (χ3v) is 3.58. The zero-order valence-electron chi connectivity index (χ0n) is 11.2. The van der Waals surface area contributed by atoms with E-state index in [1.54, 1.807) is 4.68 Å². The quantitative estimate of drug-likeness (QED) is 0.882. The molecular formula is C14H18ClN3O. The highest BCUT2D eigenvalue weighted by molar-refractivity contribution is 6.30. The zero-order valence-corrected chi connectivity index (χ0v) is 11.9. The van der Waals surface area contributed by atoms with Crippen LogP contribution in [0.4, 0.5) is 0 Å². The number of nitrogens with one attached hydrogen (secondary N) is 1. The zero-order chi connectivity index (χ0) is 13.8. The minimum absolute atomic E-state index is 0.0815. The van der Waals surface area contributed by atoms with Crippen LogP contribution >= 0.6 is 11.6 Å². The molecule has 0 amide bonds. The summed E-state index contributed by atoms with van der Waals surface area (Å²) in [6, 6.07) is 7.88. The number of rotatable bonds is 5. The Balaban J connectivity index is 1.92. The molecule has 0 aliphatic rings. The SMILES string of the molecule is Cc1nn(C)c(Cl)c1CNCc1ccc(CO)cc1. The minimum atomic E-state index is 0.0815. The highest BCUT2D eigenvalue weighted by Gasteiger charge is 2.10. The molecule has 0 radical (unpaired) electrons. The highest BCUT2D eigenvalue weighted by atomic mass is 35.5. The first-order valence-electron chi connectivity index (χ1n) is 6.19. The Morgan fingerprint density at radius 2 is 1.84 bits per heavy atom. The lowest BCUT2D eigenvalue weighted by molar-refractivity contribution is 0.282. The fraction of sp³-hybridized carbons (Fsp3) is 0.357. The van der Waals surface area contributed by atoms with E-state index in [2.05, 4.69) is 10.4 Å². The molecule has 2 N–H and O–H groups in total. The molecule has 0 spiro atoms. The van der Waals surface area contributed by atoms with Gasteiger partial charge in [0.1, 0.15) is 5.15 Å². The first-order chi connectivity index (χ1) is 9.11. The Kier molecular flexibility index (Phi) is 4.58. The van der Waals surface area contributed by atoms with Gasteiger partial charge in [-0.15, -0.1) is 0 Å². The maximum absolute atomic E-state index is 8.98. The summed E-state index contributed by atoms with van der Waals surface area (Å²) in [6.45, 7) is 3.49. The lowest BCUT2D eigenvalue weighted by Crippen LogP contribution is -2.13. The molecule has 19 heavy (non-hydrogen) atoms. The van der Waals surface area contributed by atoms with E-state index in [0.717, 1.165) is 23.4 Å². The molecular weight excluding hydrogens is 262 g/mol. The van der Waals surface area contributed by atoms with Crippen LogP contribution in [0.5, 0.6) is 0 Å². The summed E-state index contributed by atoms with van der Waals surface area (Å²) in [5.74, 6) is 0. The first kappa shape index (κ1) is 14.1. The molecule has 0 saturated heterocycles. The predicted molar refractivity (Wildman–Crippen MR) is 75.9 cm³/mol. The van der Waals surface area contributed by atoms with Crippen LogP contribution in [-0.2, 0) is 26.7 Å². The number of aryl methyl sites for hydroxylation is 2. The van der Waals surface area contributed by atoms with E-state index in [1.165, 1.54) is 5.56 Å². The van der Waals surface area contributed by atoms with Crippen LogP contribution in [0, 0.1) is 6.92 Å². The largest absolute Gasteiger partial charge is 0.392 e. The van der Waals surface area contributed by atoms with Crippen molar-refractivity contribution in [3.8, 4) is 0 Å². The normalized spacial score (nSPS) is 10.9. The second-order valence-electron chi connectivity index (χ2n) is 4.56. The Morgan fingerprint density at radius 1 is 1.21 bits per heavy atom. The molecule has 0 aliphatic carbocycles.